The van der Waals surface area contributed by atoms with Gasteiger partial charge in [0.15, 0.2) is 0 Å². The monoisotopic (exact) mass is 706 g/mol. The van der Waals surface area contributed by atoms with Crippen molar-refractivity contribution >= 4 is 28.8 Å². The number of halogens is 3. The zero-order valence-electron chi connectivity index (χ0n) is 28.3. The second-order valence-corrected chi connectivity index (χ2v) is 15.2. The van der Waals surface area contributed by atoms with Crippen LogP contribution in [0.1, 0.15) is 55.6 Å². The molecule has 0 fully saturated rings. The second kappa shape index (κ2) is 16.2. The van der Waals surface area contributed by atoms with Crippen molar-refractivity contribution in [2.45, 2.75) is 69.2 Å². The van der Waals surface area contributed by atoms with Crippen LogP contribution in [0, 0.1) is 69.2 Å². The SMILES string of the molecule is COc1cc([Si](c2cc(C)c(C)c(OC)c2)(c2cc(C)c(C)c(OC)c2)[c-]2c(C)c(C)c(C)c2C)cc(C)c1C.[Cl-].[Cl-].[Cl-].[Ti+4]. The average molecular weight is 708 g/mol. The van der Waals surface area contributed by atoms with Gasteiger partial charge in [-0.1, -0.05) is 61.5 Å². The van der Waals surface area contributed by atoms with E-state index < -0.39 is 8.07 Å². The zero-order chi connectivity index (χ0) is 29.7. The molecule has 0 aromatic heterocycles. The Kier molecular flexibility index (Phi) is 15.5. The number of aryl methyl sites for hydroxylation is 3. The van der Waals surface area contributed by atoms with Crippen molar-refractivity contribution in [1.82, 2.24) is 0 Å². The van der Waals surface area contributed by atoms with Crippen LogP contribution in [0.2, 0.25) is 0 Å². The summed E-state index contributed by atoms with van der Waals surface area (Å²) in [4.78, 5) is 0. The van der Waals surface area contributed by atoms with E-state index in [0.29, 0.717) is 0 Å². The normalized spacial score (nSPS) is 10.6. The third-order valence-corrected chi connectivity index (χ3v) is 14.6. The molecule has 0 unspecified atom stereocenters. The van der Waals surface area contributed by atoms with E-state index in [2.05, 4.69) is 106 Å². The van der Waals surface area contributed by atoms with Gasteiger partial charge in [-0.25, -0.2) is 0 Å². The number of hydrogen-bond acceptors (Lipinski definition) is 3. The Morgan fingerprint density at radius 2 is 0.682 bits per heavy atom. The van der Waals surface area contributed by atoms with Gasteiger partial charge >= 0.3 is 21.7 Å². The number of benzene rings is 3. The van der Waals surface area contributed by atoms with E-state index >= 15 is 0 Å². The van der Waals surface area contributed by atoms with E-state index in [1.54, 1.807) is 21.3 Å². The van der Waals surface area contributed by atoms with Gasteiger partial charge in [0.2, 0.25) is 0 Å². The van der Waals surface area contributed by atoms with Gasteiger partial charge in [0.05, 0.1) is 21.3 Å². The van der Waals surface area contributed by atoms with Crippen molar-refractivity contribution in [3.63, 3.8) is 0 Å². The molecule has 0 bridgehead atoms. The van der Waals surface area contributed by atoms with Crippen LogP contribution in [0.25, 0.3) is 0 Å². The molecule has 0 N–H and O–H groups in total. The summed E-state index contributed by atoms with van der Waals surface area (Å²) in [5, 5.41) is 5.36. The topological polar surface area (TPSA) is 27.7 Å². The fourth-order valence-electron chi connectivity index (χ4n) is 6.48. The first-order chi connectivity index (χ1) is 18.8. The average Bonchev–Trinajstić information content (AvgIpc) is 3.12. The fraction of sp³-hybridized carbons (Fsp3) is 0.361. The maximum Gasteiger partial charge on any atom is 4.00 e. The van der Waals surface area contributed by atoms with Crippen LogP contribution in [0.4, 0.5) is 0 Å². The molecule has 4 rings (SSSR count). The largest absolute Gasteiger partial charge is 4.00 e. The van der Waals surface area contributed by atoms with Crippen LogP contribution in [0.15, 0.2) is 36.4 Å². The number of rotatable bonds is 7. The minimum absolute atomic E-state index is 0. The van der Waals surface area contributed by atoms with Crippen LogP contribution in [0.3, 0.4) is 0 Å². The van der Waals surface area contributed by atoms with Crippen LogP contribution < -0.4 is 72.2 Å². The molecule has 236 valence electrons. The first-order valence-electron chi connectivity index (χ1n) is 14.1. The molecule has 8 heteroatoms. The fourth-order valence-corrected chi connectivity index (χ4v) is 12.2. The summed E-state index contributed by atoms with van der Waals surface area (Å²) >= 11 is 0. The smallest absolute Gasteiger partial charge is 1.00 e. The number of hydrogen-bond donors (Lipinski definition) is 0. The molecule has 0 saturated heterocycles. The van der Waals surface area contributed by atoms with E-state index in [1.807, 2.05) is 0 Å². The van der Waals surface area contributed by atoms with Gasteiger partial charge in [-0.3, -0.25) is 0 Å². The summed E-state index contributed by atoms with van der Waals surface area (Å²) in [6.07, 6.45) is 0. The Morgan fingerprint density at radius 1 is 0.432 bits per heavy atom. The van der Waals surface area contributed by atoms with Gasteiger partial charge in [0, 0.05) is 0 Å². The molecule has 3 nitrogen and oxygen atoms in total. The number of methoxy groups -OCH3 is 3. The molecule has 0 aliphatic heterocycles. The van der Waals surface area contributed by atoms with Crippen molar-refractivity contribution in [3.05, 3.63) is 92.0 Å². The van der Waals surface area contributed by atoms with E-state index in [0.717, 1.165) is 17.2 Å². The summed E-state index contributed by atoms with van der Waals surface area (Å²) in [7, 11) is 2.39. The van der Waals surface area contributed by atoms with Crippen molar-refractivity contribution < 1.29 is 73.1 Å². The third-order valence-electron chi connectivity index (χ3n) is 9.63. The van der Waals surface area contributed by atoms with E-state index in [-0.39, 0.29) is 58.9 Å². The van der Waals surface area contributed by atoms with Gasteiger partial charge < -0.3 is 51.4 Å². The van der Waals surface area contributed by atoms with Crippen molar-refractivity contribution in [1.29, 1.82) is 0 Å². The summed E-state index contributed by atoms with van der Waals surface area (Å²) in [6.45, 7) is 22.2. The molecule has 0 aliphatic rings. The molecule has 0 aliphatic carbocycles. The first kappa shape index (κ1) is 42.2. The minimum atomic E-state index is -2.95. The molecule has 0 atom stereocenters. The van der Waals surface area contributed by atoms with Gasteiger partial charge in [0.25, 0.3) is 0 Å². The maximum atomic E-state index is 6.01. The van der Waals surface area contributed by atoms with Crippen molar-refractivity contribution in [3.8, 4) is 17.2 Å². The summed E-state index contributed by atoms with van der Waals surface area (Å²) in [6, 6.07) is 14.1. The van der Waals surface area contributed by atoms with Gasteiger partial charge in [-0.2, -0.15) is 22.3 Å². The Morgan fingerprint density at radius 3 is 0.909 bits per heavy atom. The van der Waals surface area contributed by atoms with Crippen molar-refractivity contribution in [2.75, 3.05) is 21.3 Å². The zero-order valence-corrected chi connectivity index (χ0v) is 33.2. The van der Waals surface area contributed by atoms with Crippen LogP contribution in [-0.2, 0) is 21.7 Å². The Balaban J connectivity index is 0.00000462. The van der Waals surface area contributed by atoms with E-state index in [4.69, 9.17) is 14.2 Å². The Labute approximate surface area is 300 Å². The van der Waals surface area contributed by atoms with E-state index in [9.17, 15) is 0 Å². The van der Waals surface area contributed by atoms with Gasteiger partial charge in [-0.05, 0) is 93.1 Å². The Bertz CT molecular complexity index is 1460. The molecular formula is C36H45Cl3O3SiTi. The quantitative estimate of drug-likeness (QED) is 0.116. The molecule has 44 heavy (non-hydrogen) atoms. The van der Waals surface area contributed by atoms with Gasteiger partial charge in [-0.15, -0.1) is 5.19 Å². The molecule has 4 aromatic rings. The molecule has 0 saturated carbocycles. The van der Waals surface area contributed by atoms with Crippen LogP contribution in [0.5, 0.6) is 17.2 Å². The molecular weight excluding hydrogens is 663 g/mol. The molecule has 0 spiro atoms. The molecule has 0 radical (unpaired) electrons. The molecule has 0 amide bonds. The maximum absolute atomic E-state index is 6.01. The summed E-state index contributed by atoms with van der Waals surface area (Å²) < 4.78 is 18.0. The molecule has 4 aromatic carbocycles. The minimum Gasteiger partial charge on any atom is -1.00 e. The van der Waals surface area contributed by atoms with Crippen LogP contribution in [-0.4, -0.2) is 29.4 Å². The predicted octanol–water partition coefficient (Wildman–Crippen LogP) is -3.10. The summed E-state index contributed by atoms with van der Waals surface area (Å²) in [5.74, 6) is 2.77. The summed E-state index contributed by atoms with van der Waals surface area (Å²) in [5.41, 5.74) is 12.7. The Hall–Kier alpha value is -1.79. The van der Waals surface area contributed by atoms with E-state index in [1.165, 1.54) is 76.4 Å². The molecule has 0 heterocycles. The van der Waals surface area contributed by atoms with Crippen molar-refractivity contribution in [2.24, 2.45) is 0 Å². The second-order valence-electron chi connectivity index (χ2n) is 11.5. The number of ether oxygens (including phenoxy) is 3. The van der Waals surface area contributed by atoms with Crippen LogP contribution >= 0.6 is 0 Å². The standard InChI is InChI=1S/C36H45O3Si.3ClH.Ti/c1-20-14-30(17-33(37-11)23(20)4)40(36-28(9)26(7)27(8)29(36)10,31-15-21(2)24(5)34(18-31)38-12)32-16-22(3)25(6)35(19-32)39-13;;;;/h14-19H,1-13H3;3*1H;/q-1;;;;+4/p-3. The third kappa shape index (κ3) is 6.68. The predicted molar refractivity (Wildman–Crippen MR) is 173 cm³/mol. The first-order valence-corrected chi connectivity index (χ1v) is 16.1. The van der Waals surface area contributed by atoms with Gasteiger partial charge in [0.1, 0.15) is 25.3 Å².